The van der Waals surface area contributed by atoms with Gasteiger partial charge in [0.15, 0.2) is 0 Å². The number of aryl methyl sites for hydroxylation is 1. The van der Waals surface area contributed by atoms with Crippen LogP contribution in [0.4, 0.5) is 0 Å². The standard InChI is InChI=1S/C21H25.C6H7.C2H4.2ClH.Hf/c1-20(2,3)16-7-9-18-14(12-16)11-15-13-17(21(4,5)6)8-10-19(15)18;1-6-4-2-3-5-6;1-2;;;/h7-10,12H,11H2,1-6H3;2-5H,1H3;1-2H2;2*1H;/q2*-1;;;;+4/p-2. The monoisotopic (exact) mass is 634 g/mol. The maximum atomic E-state index is 3.67. The van der Waals surface area contributed by atoms with E-state index in [1.54, 1.807) is 0 Å². The second-order valence-corrected chi connectivity index (χ2v) is 9.78. The van der Waals surface area contributed by atoms with Gasteiger partial charge in [-0.3, -0.25) is 0 Å². The van der Waals surface area contributed by atoms with Crippen LogP contribution >= 0.6 is 0 Å². The van der Waals surface area contributed by atoms with Crippen molar-refractivity contribution in [2.75, 3.05) is 0 Å². The predicted octanol–water partition coefficient (Wildman–Crippen LogP) is 2.17. The first-order valence-electron chi connectivity index (χ1n) is 10.4. The summed E-state index contributed by atoms with van der Waals surface area (Å²) in [5.41, 5.74) is 10.0. The van der Waals surface area contributed by atoms with Crippen LogP contribution in [-0.4, -0.2) is 0 Å². The normalized spacial score (nSPS) is 11.0. The van der Waals surface area contributed by atoms with Crippen molar-refractivity contribution in [3.8, 4) is 11.1 Å². The van der Waals surface area contributed by atoms with Crippen molar-refractivity contribution in [1.29, 1.82) is 0 Å². The van der Waals surface area contributed by atoms with Gasteiger partial charge in [-0.1, -0.05) is 72.2 Å². The predicted molar refractivity (Wildman–Crippen MR) is 129 cm³/mol. The van der Waals surface area contributed by atoms with Crippen LogP contribution in [0.25, 0.3) is 11.1 Å². The van der Waals surface area contributed by atoms with Crippen molar-refractivity contribution in [3.05, 3.63) is 102 Å². The van der Waals surface area contributed by atoms with Gasteiger partial charge in [0.25, 0.3) is 0 Å². The van der Waals surface area contributed by atoms with Crippen molar-refractivity contribution < 1.29 is 50.7 Å². The molecule has 0 N–H and O–H groups in total. The van der Waals surface area contributed by atoms with Crippen LogP contribution in [-0.2, 0) is 43.1 Å². The number of halogens is 2. The summed E-state index contributed by atoms with van der Waals surface area (Å²) in [5.74, 6) is 0. The Morgan fingerprint density at radius 2 is 1.44 bits per heavy atom. The van der Waals surface area contributed by atoms with Crippen LogP contribution in [0.5, 0.6) is 0 Å². The van der Waals surface area contributed by atoms with Gasteiger partial charge in [0, 0.05) is 0 Å². The number of rotatable bonds is 0. The first-order chi connectivity index (χ1) is 13.6. The molecular weight excluding hydrogens is 598 g/mol. The molecule has 0 radical (unpaired) electrons. The Labute approximate surface area is 227 Å². The molecule has 0 atom stereocenters. The van der Waals surface area contributed by atoms with E-state index in [4.69, 9.17) is 0 Å². The van der Waals surface area contributed by atoms with E-state index in [0.717, 1.165) is 6.42 Å². The van der Waals surface area contributed by atoms with Crippen LogP contribution < -0.4 is 24.8 Å². The molecule has 1 aliphatic carbocycles. The second kappa shape index (κ2) is 13.6. The van der Waals surface area contributed by atoms with Crippen LogP contribution in [0, 0.1) is 13.0 Å². The Morgan fingerprint density at radius 3 is 1.88 bits per heavy atom. The molecule has 3 aromatic carbocycles. The van der Waals surface area contributed by atoms with Gasteiger partial charge in [-0.05, 0) is 28.4 Å². The van der Waals surface area contributed by atoms with Gasteiger partial charge in [-0.25, -0.2) is 11.6 Å². The Balaban J connectivity index is 0. The SMILES string of the molecule is C=C.CC(C)(C)c1[c-]c2c(cc1)-c1ccc(C(C)(C)C)cc1C2.Cc1cc[cH-]c1.[Cl-].[Cl-].[Hf+4]. The van der Waals surface area contributed by atoms with Crippen molar-refractivity contribution >= 4 is 0 Å². The number of fused-ring (bicyclic) bond motifs is 3. The summed E-state index contributed by atoms with van der Waals surface area (Å²) in [7, 11) is 0. The second-order valence-electron chi connectivity index (χ2n) is 9.78. The third kappa shape index (κ3) is 8.40. The zero-order valence-corrected chi connectivity index (χ0v) is 25.7. The van der Waals surface area contributed by atoms with Gasteiger partial charge < -0.3 is 24.8 Å². The van der Waals surface area contributed by atoms with E-state index in [9.17, 15) is 0 Å². The molecule has 0 amide bonds. The summed E-state index contributed by atoms with van der Waals surface area (Å²) in [4.78, 5) is 0. The summed E-state index contributed by atoms with van der Waals surface area (Å²) in [6.07, 6.45) is 1.03. The van der Waals surface area contributed by atoms with E-state index in [2.05, 4.69) is 110 Å². The largest absolute Gasteiger partial charge is 4.00 e. The summed E-state index contributed by atoms with van der Waals surface area (Å²) < 4.78 is 0. The average molecular weight is 634 g/mol. The van der Waals surface area contributed by atoms with Crippen molar-refractivity contribution in [2.45, 2.75) is 65.7 Å². The fourth-order valence-corrected chi connectivity index (χ4v) is 3.50. The third-order valence-electron chi connectivity index (χ3n) is 5.29. The molecule has 3 heteroatoms. The minimum absolute atomic E-state index is 0. The fraction of sp³-hybridized carbons (Fsp3) is 0.345. The van der Waals surface area contributed by atoms with Gasteiger partial charge >= 0.3 is 25.8 Å². The van der Waals surface area contributed by atoms with Crippen molar-refractivity contribution in [3.63, 3.8) is 0 Å². The Bertz CT molecular complexity index is 881. The summed E-state index contributed by atoms with van der Waals surface area (Å²) in [6, 6.07) is 23.4. The Kier molecular flexibility index (Phi) is 14.1. The quantitative estimate of drug-likeness (QED) is 0.158. The average Bonchev–Trinajstić information content (AvgIpc) is 3.27. The van der Waals surface area contributed by atoms with Gasteiger partial charge in [0.05, 0.1) is 0 Å². The molecule has 0 aliphatic heterocycles. The molecule has 0 heterocycles. The van der Waals surface area contributed by atoms with Crippen molar-refractivity contribution in [1.82, 2.24) is 0 Å². The smallest absolute Gasteiger partial charge is 1.00 e. The van der Waals surface area contributed by atoms with E-state index in [1.165, 1.54) is 38.9 Å². The van der Waals surface area contributed by atoms with E-state index in [1.807, 2.05) is 12.1 Å². The van der Waals surface area contributed by atoms with E-state index in [-0.39, 0.29) is 61.5 Å². The first-order valence-corrected chi connectivity index (χ1v) is 10.4. The molecule has 0 saturated carbocycles. The van der Waals surface area contributed by atoms with E-state index < -0.39 is 0 Å². The third-order valence-corrected chi connectivity index (χ3v) is 5.29. The van der Waals surface area contributed by atoms with Crippen molar-refractivity contribution in [2.24, 2.45) is 0 Å². The van der Waals surface area contributed by atoms with Crippen LogP contribution in [0.3, 0.4) is 0 Å². The van der Waals surface area contributed by atoms with Crippen LogP contribution in [0.1, 0.15) is 69.4 Å². The molecule has 0 fully saturated rings. The van der Waals surface area contributed by atoms with Gasteiger partial charge in [-0.15, -0.1) is 24.3 Å². The molecule has 0 aromatic heterocycles. The van der Waals surface area contributed by atoms with E-state index in [0.29, 0.717) is 0 Å². The molecular formula is C29H36Cl2Hf. The zero-order valence-electron chi connectivity index (χ0n) is 20.6. The van der Waals surface area contributed by atoms with Gasteiger partial charge in [0.1, 0.15) is 0 Å². The maximum Gasteiger partial charge on any atom is 4.00 e. The molecule has 0 nitrogen and oxygen atoms in total. The van der Waals surface area contributed by atoms with Gasteiger partial charge in [-0.2, -0.15) is 42.0 Å². The van der Waals surface area contributed by atoms with Crippen LogP contribution in [0.2, 0.25) is 0 Å². The summed E-state index contributed by atoms with van der Waals surface area (Å²) in [5, 5.41) is 0. The number of benzene rings is 2. The topological polar surface area (TPSA) is 0 Å². The molecule has 1 aliphatic rings. The molecule has 32 heavy (non-hydrogen) atoms. The molecule has 3 aromatic rings. The number of hydrogen-bond acceptors (Lipinski definition) is 0. The van der Waals surface area contributed by atoms with E-state index >= 15 is 0 Å². The summed E-state index contributed by atoms with van der Waals surface area (Å²) >= 11 is 0. The zero-order chi connectivity index (χ0) is 21.8. The molecule has 0 bridgehead atoms. The number of hydrogen-bond donors (Lipinski definition) is 0. The first kappa shape index (κ1) is 33.2. The minimum atomic E-state index is 0. The van der Waals surface area contributed by atoms with Gasteiger partial charge in [0.2, 0.25) is 0 Å². The maximum absolute atomic E-state index is 3.67. The molecule has 4 rings (SSSR count). The fourth-order valence-electron chi connectivity index (χ4n) is 3.50. The molecule has 0 saturated heterocycles. The minimum Gasteiger partial charge on any atom is -1.00 e. The molecule has 0 unspecified atom stereocenters. The van der Waals surface area contributed by atoms with Crippen LogP contribution in [0.15, 0.2) is 67.8 Å². The molecule has 170 valence electrons. The Morgan fingerprint density at radius 1 is 0.844 bits per heavy atom. The Hall–Kier alpha value is -1.02. The molecule has 0 spiro atoms. The summed E-state index contributed by atoms with van der Waals surface area (Å²) in [6.45, 7) is 21.7.